The zero-order valence-corrected chi connectivity index (χ0v) is 16.5. The summed E-state index contributed by atoms with van der Waals surface area (Å²) in [6.07, 6.45) is 0. The Balaban J connectivity index is 1.82. The van der Waals surface area contributed by atoms with Gasteiger partial charge in [0.05, 0.1) is 22.6 Å². The molecule has 0 spiro atoms. The van der Waals surface area contributed by atoms with Gasteiger partial charge in [0.1, 0.15) is 5.75 Å². The molecule has 0 bridgehead atoms. The summed E-state index contributed by atoms with van der Waals surface area (Å²) in [5, 5.41) is 13.4. The Morgan fingerprint density at radius 3 is 2.47 bits per heavy atom. The third-order valence-corrected chi connectivity index (χ3v) is 5.44. The molecule has 2 N–H and O–H groups in total. The van der Waals surface area contributed by atoms with Gasteiger partial charge in [0.15, 0.2) is 0 Å². The summed E-state index contributed by atoms with van der Waals surface area (Å²) >= 11 is 0. The molecule has 0 unspecified atom stereocenters. The first-order valence-corrected chi connectivity index (χ1v) is 10.1. The van der Waals surface area contributed by atoms with Gasteiger partial charge >= 0.3 is 0 Å². The van der Waals surface area contributed by atoms with Crippen molar-refractivity contribution in [1.82, 2.24) is 0 Å². The van der Waals surface area contributed by atoms with E-state index in [1.54, 1.807) is 24.3 Å². The van der Waals surface area contributed by atoms with Crippen LogP contribution in [0.4, 0.5) is 17.1 Å². The van der Waals surface area contributed by atoms with Gasteiger partial charge in [-0.3, -0.25) is 19.6 Å². The first-order chi connectivity index (χ1) is 14.3. The predicted octanol–water partition coefficient (Wildman–Crippen LogP) is 3.66. The molecule has 0 aliphatic heterocycles. The first kappa shape index (κ1) is 20.8. The smallest absolute Gasteiger partial charge is 0.270 e. The molecule has 3 aromatic rings. The molecule has 0 heterocycles. The van der Waals surface area contributed by atoms with Crippen molar-refractivity contribution in [3.63, 3.8) is 0 Å². The highest BCUT2D eigenvalue weighted by atomic mass is 32.2. The summed E-state index contributed by atoms with van der Waals surface area (Å²) in [5.41, 5.74) is 0.338. The number of nitro groups is 1. The lowest BCUT2D eigenvalue weighted by Crippen LogP contribution is -2.15. The van der Waals surface area contributed by atoms with Crippen LogP contribution in [0.15, 0.2) is 77.7 Å². The van der Waals surface area contributed by atoms with Crippen LogP contribution in [0.25, 0.3) is 0 Å². The monoisotopic (exact) mass is 427 g/mol. The molecule has 30 heavy (non-hydrogen) atoms. The molecule has 3 rings (SSSR count). The normalized spacial score (nSPS) is 10.8. The molecule has 0 saturated heterocycles. The minimum Gasteiger partial charge on any atom is -0.495 e. The van der Waals surface area contributed by atoms with Gasteiger partial charge < -0.3 is 10.1 Å². The van der Waals surface area contributed by atoms with Crippen molar-refractivity contribution in [2.45, 2.75) is 4.90 Å². The zero-order chi connectivity index (χ0) is 21.7. The van der Waals surface area contributed by atoms with Crippen LogP contribution < -0.4 is 14.8 Å². The molecule has 9 nitrogen and oxygen atoms in total. The molecule has 0 aliphatic carbocycles. The van der Waals surface area contributed by atoms with Crippen molar-refractivity contribution in [3.8, 4) is 5.75 Å². The summed E-state index contributed by atoms with van der Waals surface area (Å²) < 4.78 is 33.1. The molecule has 0 aliphatic rings. The third kappa shape index (κ3) is 4.73. The number of nitrogens with zero attached hydrogens (tertiary/aromatic N) is 1. The average molecular weight is 427 g/mol. The number of hydrogen-bond donors (Lipinski definition) is 2. The quantitative estimate of drug-likeness (QED) is 0.437. The highest BCUT2D eigenvalue weighted by Crippen LogP contribution is 2.27. The van der Waals surface area contributed by atoms with Gasteiger partial charge in [-0.15, -0.1) is 0 Å². The van der Waals surface area contributed by atoms with Crippen molar-refractivity contribution < 1.29 is 22.9 Å². The van der Waals surface area contributed by atoms with Crippen molar-refractivity contribution in [3.05, 3.63) is 88.5 Å². The minimum atomic E-state index is -3.96. The number of anilines is 2. The lowest BCUT2D eigenvalue weighted by Gasteiger charge is -2.12. The number of carbonyl (C=O) groups is 1. The van der Waals surface area contributed by atoms with Crippen LogP contribution in [0.1, 0.15) is 10.4 Å². The molecule has 1 amide bonds. The second-order valence-electron chi connectivity index (χ2n) is 6.10. The maximum absolute atomic E-state index is 12.7. The van der Waals surface area contributed by atoms with Crippen molar-refractivity contribution in [2.75, 3.05) is 17.1 Å². The van der Waals surface area contributed by atoms with Crippen LogP contribution in [-0.4, -0.2) is 26.4 Å². The lowest BCUT2D eigenvalue weighted by molar-refractivity contribution is -0.384. The van der Waals surface area contributed by atoms with Gasteiger partial charge in [0.25, 0.3) is 21.6 Å². The summed E-state index contributed by atoms with van der Waals surface area (Å²) in [5.74, 6) is -0.248. The van der Waals surface area contributed by atoms with Crippen LogP contribution in [0.5, 0.6) is 5.75 Å². The fourth-order valence-electron chi connectivity index (χ4n) is 2.64. The Hall–Kier alpha value is -3.92. The fraction of sp³-hybridized carbons (Fsp3) is 0.0500. The molecular formula is C20H17N3O6S. The van der Waals surface area contributed by atoms with E-state index in [9.17, 15) is 23.3 Å². The number of nitro benzene ring substituents is 1. The van der Waals surface area contributed by atoms with E-state index in [0.717, 1.165) is 6.07 Å². The van der Waals surface area contributed by atoms with E-state index >= 15 is 0 Å². The highest BCUT2D eigenvalue weighted by Gasteiger charge is 2.18. The number of ether oxygens (including phenoxy) is 1. The molecule has 3 aromatic carbocycles. The van der Waals surface area contributed by atoms with Gasteiger partial charge in [-0.25, -0.2) is 8.42 Å². The zero-order valence-electron chi connectivity index (χ0n) is 15.7. The Bertz CT molecular complexity index is 1210. The molecule has 0 aromatic heterocycles. The average Bonchev–Trinajstić information content (AvgIpc) is 2.74. The van der Waals surface area contributed by atoms with E-state index in [0.29, 0.717) is 5.75 Å². The number of methoxy groups -OCH3 is 1. The lowest BCUT2D eigenvalue weighted by atomic mass is 10.2. The fourth-order valence-corrected chi connectivity index (χ4v) is 3.75. The third-order valence-electron chi connectivity index (χ3n) is 4.07. The Morgan fingerprint density at radius 1 is 1.00 bits per heavy atom. The second kappa shape index (κ2) is 8.62. The van der Waals surface area contributed by atoms with Crippen molar-refractivity contribution >= 4 is 33.0 Å². The van der Waals surface area contributed by atoms with E-state index in [4.69, 9.17) is 4.74 Å². The molecule has 0 atom stereocenters. The second-order valence-corrected chi connectivity index (χ2v) is 7.78. The van der Waals surface area contributed by atoms with Gasteiger partial charge in [-0.2, -0.15) is 0 Å². The Kier molecular flexibility index (Phi) is 5.98. The maximum atomic E-state index is 12.7. The van der Waals surface area contributed by atoms with E-state index in [1.165, 1.54) is 49.6 Å². The number of carbonyl (C=O) groups excluding carboxylic acids is 1. The van der Waals surface area contributed by atoms with Crippen molar-refractivity contribution in [1.29, 1.82) is 0 Å². The number of non-ortho nitro benzene ring substituents is 1. The summed E-state index contributed by atoms with van der Waals surface area (Å²) in [6, 6.07) is 17.4. The van der Waals surface area contributed by atoms with E-state index in [1.807, 2.05) is 0 Å². The summed E-state index contributed by atoms with van der Waals surface area (Å²) in [4.78, 5) is 22.6. The summed E-state index contributed by atoms with van der Waals surface area (Å²) in [7, 11) is -2.53. The highest BCUT2D eigenvalue weighted by molar-refractivity contribution is 7.92. The van der Waals surface area contributed by atoms with Crippen LogP contribution in [0, 0.1) is 10.1 Å². The van der Waals surface area contributed by atoms with Gasteiger partial charge in [0, 0.05) is 23.4 Å². The number of sulfonamides is 1. The number of rotatable bonds is 7. The standard InChI is InChI=1S/C20H17N3O6S/c1-29-19-11-3-2-10-18(19)22-30(27,28)17-9-5-7-15(13-17)21-20(24)14-6-4-8-16(12-14)23(25)26/h2-13,22H,1H3,(H,21,24). The van der Waals surface area contributed by atoms with E-state index in [2.05, 4.69) is 10.0 Å². The molecule has 0 saturated carbocycles. The van der Waals surface area contributed by atoms with Gasteiger partial charge in [0.2, 0.25) is 0 Å². The molecule has 10 heteroatoms. The number of para-hydroxylation sites is 2. The minimum absolute atomic E-state index is 0.0737. The number of nitrogens with one attached hydrogen (secondary N) is 2. The summed E-state index contributed by atoms with van der Waals surface area (Å²) in [6.45, 7) is 0. The number of hydrogen-bond acceptors (Lipinski definition) is 6. The van der Waals surface area contributed by atoms with Gasteiger partial charge in [-0.1, -0.05) is 24.3 Å². The number of amides is 1. The number of benzene rings is 3. The van der Waals surface area contributed by atoms with Crippen LogP contribution in [-0.2, 0) is 10.0 Å². The Morgan fingerprint density at radius 2 is 1.73 bits per heavy atom. The molecule has 0 radical (unpaired) electrons. The van der Waals surface area contributed by atoms with Crippen LogP contribution >= 0.6 is 0 Å². The van der Waals surface area contributed by atoms with Crippen LogP contribution in [0.3, 0.4) is 0 Å². The predicted molar refractivity (Wildman–Crippen MR) is 111 cm³/mol. The first-order valence-electron chi connectivity index (χ1n) is 8.62. The molecule has 0 fully saturated rings. The van der Waals surface area contributed by atoms with Crippen LogP contribution in [0.2, 0.25) is 0 Å². The Labute approximate surface area is 172 Å². The van der Waals surface area contributed by atoms with Gasteiger partial charge in [-0.05, 0) is 36.4 Å². The maximum Gasteiger partial charge on any atom is 0.270 e. The molecule has 154 valence electrons. The van der Waals surface area contributed by atoms with E-state index < -0.39 is 20.9 Å². The topological polar surface area (TPSA) is 128 Å². The van der Waals surface area contributed by atoms with Crippen molar-refractivity contribution in [2.24, 2.45) is 0 Å². The van der Waals surface area contributed by atoms with E-state index in [-0.39, 0.29) is 27.5 Å². The SMILES string of the molecule is COc1ccccc1NS(=O)(=O)c1cccc(NC(=O)c2cccc([N+](=O)[O-])c2)c1. The molecular weight excluding hydrogens is 410 g/mol. The largest absolute Gasteiger partial charge is 0.495 e.